The van der Waals surface area contributed by atoms with Crippen molar-refractivity contribution in [1.29, 1.82) is 0 Å². The number of nitrogens with zero attached hydrogens (tertiary/aromatic N) is 1. The van der Waals surface area contributed by atoms with Crippen LogP contribution in [0.5, 0.6) is 5.75 Å². The molecule has 5 heteroatoms. The van der Waals surface area contributed by atoms with E-state index in [4.69, 9.17) is 9.47 Å². The van der Waals surface area contributed by atoms with Crippen molar-refractivity contribution >= 4 is 6.09 Å². The molecule has 0 bridgehead atoms. The summed E-state index contributed by atoms with van der Waals surface area (Å²) in [5.74, 6) is 0.808. The van der Waals surface area contributed by atoms with Gasteiger partial charge in [-0.25, -0.2) is 4.79 Å². The highest BCUT2D eigenvalue weighted by atomic mass is 16.6. The molecule has 1 atom stereocenters. The minimum atomic E-state index is -0.310. The molecule has 1 amide bonds. The number of amides is 1. The van der Waals surface area contributed by atoms with E-state index in [2.05, 4.69) is 5.32 Å². The van der Waals surface area contributed by atoms with Gasteiger partial charge in [-0.15, -0.1) is 0 Å². The maximum atomic E-state index is 11.9. The van der Waals surface area contributed by atoms with Gasteiger partial charge in [0.15, 0.2) is 0 Å². The number of carbonyl (C=O) groups is 1. The van der Waals surface area contributed by atoms with Crippen LogP contribution in [0.25, 0.3) is 0 Å². The number of methoxy groups -OCH3 is 1. The Morgan fingerprint density at radius 2 is 2.42 bits per heavy atom. The number of nitrogens with one attached hydrogen (secondary N) is 1. The van der Waals surface area contributed by atoms with Gasteiger partial charge in [-0.2, -0.15) is 0 Å². The van der Waals surface area contributed by atoms with Crippen LogP contribution in [-0.2, 0) is 11.3 Å². The Bertz CT molecular complexity index is 483. The normalized spacial score (nSPS) is 25.9. The Morgan fingerprint density at radius 1 is 1.53 bits per heavy atom. The molecule has 102 valence electrons. The molecule has 0 aromatic heterocycles. The molecule has 0 aliphatic carbocycles. The minimum Gasteiger partial charge on any atom is -0.497 e. The van der Waals surface area contributed by atoms with Crippen molar-refractivity contribution in [2.45, 2.75) is 18.6 Å². The van der Waals surface area contributed by atoms with E-state index in [9.17, 15) is 4.79 Å². The molecule has 5 nitrogen and oxygen atoms in total. The Kier molecular flexibility index (Phi) is 3.06. The first kappa shape index (κ1) is 12.3. The predicted octanol–water partition coefficient (Wildman–Crippen LogP) is 1.38. The maximum absolute atomic E-state index is 11.9. The molecule has 2 aliphatic heterocycles. The smallest absolute Gasteiger partial charge is 0.410 e. The maximum Gasteiger partial charge on any atom is 0.410 e. The van der Waals surface area contributed by atoms with Crippen LogP contribution in [0.15, 0.2) is 24.3 Å². The summed E-state index contributed by atoms with van der Waals surface area (Å²) in [7, 11) is 1.64. The third-order valence-electron chi connectivity index (χ3n) is 3.75. The van der Waals surface area contributed by atoms with Crippen LogP contribution in [0, 0.1) is 0 Å². The largest absolute Gasteiger partial charge is 0.497 e. The van der Waals surface area contributed by atoms with Crippen LogP contribution in [0.1, 0.15) is 12.0 Å². The first-order valence-electron chi connectivity index (χ1n) is 6.52. The van der Waals surface area contributed by atoms with E-state index in [1.807, 2.05) is 24.3 Å². The molecule has 19 heavy (non-hydrogen) atoms. The van der Waals surface area contributed by atoms with Gasteiger partial charge >= 0.3 is 6.09 Å². The summed E-state index contributed by atoms with van der Waals surface area (Å²) in [4.78, 5) is 13.7. The molecular weight excluding hydrogens is 244 g/mol. The molecule has 3 rings (SSSR count). The summed E-state index contributed by atoms with van der Waals surface area (Å²) in [6.07, 6.45) is 0.680. The summed E-state index contributed by atoms with van der Waals surface area (Å²) < 4.78 is 10.7. The van der Waals surface area contributed by atoms with Crippen LogP contribution in [0.2, 0.25) is 0 Å². The van der Waals surface area contributed by atoms with Gasteiger partial charge in [0.1, 0.15) is 11.4 Å². The van der Waals surface area contributed by atoms with E-state index in [0.29, 0.717) is 13.1 Å². The number of hydrogen-bond donors (Lipinski definition) is 1. The van der Waals surface area contributed by atoms with E-state index in [0.717, 1.165) is 30.8 Å². The first-order valence-corrected chi connectivity index (χ1v) is 6.52. The third-order valence-corrected chi connectivity index (χ3v) is 3.75. The molecule has 2 heterocycles. The van der Waals surface area contributed by atoms with Crippen LogP contribution in [0.3, 0.4) is 0 Å². The van der Waals surface area contributed by atoms with Crippen molar-refractivity contribution in [3.05, 3.63) is 29.8 Å². The zero-order chi connectivity index (χ0) is 13.3. The summed E-state index contributed by atoms with van der Waals surface area (Å²) in [5.41, 5.74) is 0.745. The standard InChI is InChI=1S/C14H18N2O3/c1-18-12-4-2-3-11(7-12)8-16-10-14(19-13(16)17)5-6-15-9-14/h2-4,7,15H,5-6,8-10H2,1H3. The quantitative estimate of drug-likeness (QED) is 0.894. The zero-order valence-electron chi connectivity index (χ0n) is 11.0. The Hall–Kier alpha value is -1.75. The second kappa shape index (κ2) is 4.74. The van der Waals surface area contributed by atoms with Crippen molar-refractivity contribution < 1.29 is 14.3 Å². The van der Waals surface area contributed by atoms with Gasteiger partial charge in [-0.3, -0.25) is 4.90 Å². The second-order valence-electron chi connectivity index (χ2n) is 5.19. The molecule has 2 fully saturated rings. The summed E-state index contributed by atoms with van der Waals surface area (Å²) in [5, 5.41) is 3.25. The number of rotatable bonds is 3. The van der Waals surface area contributed by atoms with Gasteiger partial charge in [0, 0.05) is 19.5 Å². The SMILES string of the molecule is COc1cccc(CN2CC3(CCNC3)OC2=O)c1. The van der Waals surface area contributed by atoms with Crippen molar-refractivity contribution in [3.8, 4) is 5.75 Å². The number of benzene rings is 1. The fourth-order valence-corrected chi connectivity index (χ4v) is 2.75. The van der Waals surface area contributed by atoms with Crippen molar-refractivity contribution in [2.24, 2.45) is 0 Å². The van der Waals surface area contributed by atoms with E-state index >= 15 is 0 Å². The summed E-state index contributed by atoms with van der Waals surface area (Å²) in [6, 6.07) is 7.77. The molecular formula is C14H18N2O3. The van der Waals surface area contributed by atoms with Gasteiger partial charge in [0.25, 0.3) is 0 Å². The Labute approximate surface area is 112 Å². The minimum absolute atomic E-state index is 0.216. The molecule has 2 aliphatic rings. The second-order valence-corrected chi connectivity index (χ2v) is 5.19. The zero-order valence-corrected chi connectivity index (χ0v) is 11.0. The number of hydrogen-bond acceptors (Lipinski definition) is 4. The molecule has 2 saturated heterocycles. The summed E-state index contributed by atoms with van der Waals surface area (Å²) in [6.45, 7) is 2.90. The molecule has 1 unspecified atom stereocenters. The van der Waals surface area contributed by atoms with E-state index < -0.39 is 0 Å². The van der Waals surface area contributed by atoms with Gasteiger partial charge in [0.05, 0.1) is 13.7 Å². The monoisotopic (exact) mass is 262 g/mol. The Morgan fingerprint density at radius 3 is 3.16 bits per heavy atom. The van der Waals surface area contributed by atoms with E-state index in [1.165, 1.54) is 0 Å². The average molecular weight is 262 g/mol. The van der Waals surface area contributed by atoms with Gasteiger partial charge in [0.2, 0.25) is 0 Å². The van der Waals surface area contributed by atoms with Crippen molar-refractivity contribution in [2.75, 3.05) is 26.7 Å². The first-order chi connectivity index (χ1) is 9.21. The number of ether oxygens (including phenoxy) is 2. The topological polar surface area (TPSA) is 50.8 Å². The lowest BCUT2D eigenvalue weighted by Crippen LogP contribution is -2.36. The van der Waals surface area contributed by atoms with Crippen LogP contribution in [-0.4, -0.2) is 43.3 Å². The third kappa shape index (κ3) is 2.38. The van der Waals surface area contributed by atoms with Gasteiger partial charge < -0.3 is 14.8 Å². The number of carbonyl (C=O) groups excluding carboxylic acids is 1. The molecule has 0 radical (unpaired) electrons. The van der Waals surface area contributed by atoms with Gasteiger partial charge in [-0.05, 0) is 24.2 Å². The van der Waals surface area contributed by atoms with Crippen LogP contribution in [0.4, 0.5) is 4.79 Å². The summed E-state index contributed by atoms with van der Waals surface area (Å²) >= 11 is 0. The Balaban J connectivity index is 1.71. The molecule has 1 aromatic rings. The highest BCUT2D eigenvalue weighted by Crippen LogP contribution is 2.29. The molecule has 1 spiro atoms. The average Bonchev–Trinajstić information content (AvgIpc) is 2.98. The molecule has 0 saturated carbocycles. The van der Waals surface area contributed by atoms with E-state index in [1.54, 1.807) is 12.0 Å². The van der Waals surface area contributed by atoms with E-state index in [-0.39, 0.29) is 11.7 Å². The fraction of sp³-hybridized carbons (Fsp3) is 0.500. The highest BCUT2D eigenvalue weighted by Gasteiger charge is 2.46. The highest BCUT2D eigenvalue weighted by molar-refractivity contribution is 5.71. The lowest BCUT2D eigenvalue weighted by atomic mass is 10.0. The van der Waals surface area contributed by atoms with Gasteiger partial charge in [-0.1, -0.05) is 12.1 Å². The van der Waals surface area contributed by atoms with Crippen LogP contribution >= 0.6 is 0 Å². The fourth-order valence-electron chi connectivity index (χ4n) is 2.75. The van der Waals surface area contributed by atoms with Crippen molar-refractivity contribution in [3.63, 3.8) is 0 Å². The molecule has 1 aromatic carbocycles. The lowest BCUT2D eigenvalue weighted by Gasteiger charge is -2.19. The predicted molar refractivity (Wildman–Crippen MR) is 70.1 cm³/mol. The van der Waals surface area contributed by atoms with Crippen LogP contribution < -0.4 is 10.1 Å². The molecule has 1 N–H and O–H groups in total. The van der Waals surface area contributed by atoms with Crippen molar-refractivity contribution in [1.82, 2.24) is 10.2 Å². The lowest BCUT2D eigenvalue weighted by molar-refractivity contribution is 0.0727.